The fourth-order valence-electron chi connectivity index (χ4n) is 3.14. The normalized spacial score (nSPS) is 21.6. The molecule has 0 aliphatic heterocycles. The summed E-state index contributed by atoms with van der Waals surface area (Å²) in [4.78, 5) is 18.7. The maximum absolute atomic E-state index is 11.9. The molecule has 1 aromatic rings. The molecule has 0 unspecified atom stereocenters. The Labute approximate surface area is 139 Å². The SMILES string of the molecule is CCN(c1ccccn1)C1CCC(NC(=O)OC(C)(C)C)CC1. The van der Waals surface area contributed by atoms with Gasteiger partial charge in [-0.1, -0.05) is 6.07 Å². The van der Waals surface area contributed by atoms with E-state index in [9.17, 15) is 4.79 Å². The zero-order chi connectivity index (χ0) is 16.9. The highest BCUT2D eigenvalue weighted by atomic mass is 16.6. The lowest BCUT2D eigenvalue weighted by Gasteiger charge is -2.37. The number of hydrogen-bond acceptors (Lipinski definition) is 4. The molecule has 0 bridgehead atoms. The van der Waals surface area contributed by atoms with Crippen molar-refractivity contribution >= 4 is 11.9 Å². The Morgan fingerprint density at radius 2 is 2.00 bits per heavy atom. The summed E-state index contributed by atoms with van der Waals surface area (Å²) in [5, 5.41) is 3.00. The van der Waals surface area contributed by atoms with Gasteiger partial charge in [0.1, 0.15) is 11.4 Å². The molecule has 1 aliphatic rings. The molecule has 5 heteroatoms. The van der Waals surface area contributed by atoms with Crippen LogP contribution in [0, 0.1) is 0 Å². The van der Waals surface area contributed by atoms with E-state index in [1.807, 2.05) is 39.1 Å². The maximum atomic E-state index is 11.9. The summed E-state index contributed by atoms with van der Waals surface area (Å²) in [6.45, 7) is 8.77. The minimum absolute atomic E-state index is 0.212. The predicted octanol–water partition coefficient (Wildman–Crippen LogP) is 3.74. The highest BCUT2D eigenvalue weighted by Crippen LogP contribution is 2.26. The number of rotatable bonds is 4. The predicted molar refractivity (Wildman–Crippen MR) is 92.7 cm³/mol. The maximum Gasteiger partial charge on any atom is 0.407 e. The summed E-state index contributed by atoms with van der Waals surface area (Å²) < 4.78 is 5.33. The Hall–Kier alpha value is -1.78. The first-order valence-electron chi connectivity index (χ1n) is 8.56. The number of aromatic nitrogens is 1. The molecule has 0 aromatic carbocycles. The molecule has 1 aromatic heterocycles. The average molecular weight is 319 g/mol. The molecule has 23 heavy (non-hydrogen) atoms. The van der Waals surface area contributed by atoms with Crippen LogP contribution in [-0.2, 0) is 4.74 Å². The molecule has 1 fully saturated rings. The summed E-state index contributed by atoms with van der Waals surface area (Å²) in [5.74, 6) is 1.04. The Kier molecular flexibility index (Phi) is 5.85. The van der Waals surface area contributed by atoms with Gasteiger partial charge in [-0.15, -0.1) is 0 Å². The third kappa shape index (κ3) is 5.41. The van der Waals surface area contributed by atoms with E-state index < -0.39 is 5.60 Å². The van der Waals surface area contributed by atoms with Gasteiger partial charge in [0.05, 0.1) is 0 Å². The van der Waals surface area contributed by atoms with Crippen molar-refractivity contribution in [2.24, 2.45) is 0 Å². The number of nitrogens with zero attached hydrogens (tertiary/aromatic N) is 2. The fourth-order valence-corrected chi connectivity index (χ4v) is 3.14. The van der Waals surface area contributed by atoms with Gasteiger partial charge in [0.2, 0.25) is 0 Å². The summed E-state index contributed by atoms with van der Waals surface area (Å²) in [6.07, 6.45) is 5.61. The first-order chi connectivity index (χ1) is 10.9. The van der Waals surface area contributed by atoms with Gasteiger partial charge in [-0.05, 0) is 65.5 Å². The first kappa shape index (κ1) is 17.6. The standard InChI is InChI=1S/C18H29N3O2/c1-5-21(16-8-6-7-13-19-16)15-11-9-14(10-12-15)20-17(22)23-18(2,3)4/h6-8,13-15H,5,9-12H2,1-4H3,(H,20,22). The molecule has 0 saturated heterocycles. The fraction of sp³-hybridized carbons (Fsp3) is 0.667. The van der Waals surface area contributed by atoms with Crippen LogP contribution in [0.2, 0.25) is 0 Å². The molecule has 2 rings (SSSR count). The number of anilines is 1. The Morgan fingerprint density at radius 3 is 2.52 bits per heavy atom. The van der Waals surface area contributed by atoms with E-state index in [4.69, 9.17) is 4.74 Å². The van der Waals surface area contributed by atoms with Crippen LogP contribution >= 0.6 is 0 Å². The van der Waals surface area contributed by atoms with Crippen LogP contribution in [0.5, 0.6) is 0 Å². The smallest absolute Gasteiger partial charge is 0.407 e. The van der Waals surface area contributed by atoms with Crippen LogP contribution in [0.4, 0.5) is 10.6 Å². The molecular formula is C18H29N3O2. The number of amides is 1. The van der Waals surface area contributed by atoms with Gasteiger partial charge in [-0.2, -0.15) is 0 Å². The number of alkyl carbamates (subject to hydrolysis) is 1. The van der Waals surface area contributed by atoms with Crippen molar-refractivity contribution in [2.75, 3.05) is 11.4 Å². The van der Waals surface area contributed by atoms with Gasteiger partial charge >= 0.3 is 6.09 Å². The number of ether oxygens (including phenoxy) is 1. The zero-order valence-corrected chi connectivity index (χ0v) is 14.7. The topological polar surface area (TPSA) is 54.5 Å². The monoisotopic (exact) mass is 319 g/mol. The van der Waals surface area contributed by atoms with Crippen molar-refractivity contribution in [1.82, 2.24) is 10.3 Å². The first-order valence-corrected chi connectivity index (χ1v) is 8.56. The quantitative estimate of drug-likeness (QED) is 0.918. The third-order valence-corrected chi connectivity index (χ3v) is 4.14. The van der Waals surface area contributed by atoms with Crippen molar-refractivity contribution in [1.29, 1.82) is 0 Å². The third-order valence-electron chi connectivity index (χ3n) is 4.14. The largest absolute Gasteiger partial charge is 0.444 e. The van der Waals surface area contributed by atoms with Crippen molar-refractivity contribution in [3.8, 4) is 0 Å². The summed E-state index contributed by atoms with van der Waals surface area (Å²) in [6, 6.07) is 6.74. The second-order valence-corrected chi connectivity index (χ2v) is 7.13. The molecule has 0 radical (unpaired) electrons. The second kappa shape index (κ2) is 7.66. The zero-order valence-electron chi connectivity index (χ0n) is 14.7. The molecule has 1 N–H and O–H groups in total. The Bertz CT molecular complexity index is 491. The number of nitrogens with one attached hydrogen (secondary N) is 1. The molecule has 1 aliphatic carbocycles. The van der Waals surface area contributed by atoms with Crippen molar-refractivity contribution < 1.29 is 9.53 Å². The van der Waals surface area contributed by atoms with E-state index in [0.29, 0.717) is 6.04 Å². The van der Waals surface area contributed by atoms with E-state index in [1.54, 1.807) is 0 Å². The van der Waals surface area contributed by atoms with Crippen molar-refractivity contribution in [3.63, 3.8) is 0 Å². The molecule has 128 valence electrons. The van der Waals surface area contributed by atoms with Gasteiger partial charge in [0.25, 0.3) is 0 Å². The molecule has 1 saturated carbocycles. The van der Waals surface area contributed by atoms with Gasteiger partial charge < -0.3 is 15.0 Å². The molecule has 0 spiro atoms. The van der Waals surface area contributed by atoms with E-state index in [2.05, 4.69) is 28.2 Å². The minimum atomic E-state index is -0.445. The molecule has 5 nitrogen and oxygen atoms in total. The Morgan fingerprint density at radius 1 is 1.30 bits per heavy atom. The van der Waals surface area contributed by atoms with Crippen LogP contribution in [0.3, 0.4) is 0 Å². The van der Waals surface area contributed by atoms with Crippen molar-refractivity contribution in [3.05, 3.63) is 24.4 Å². The number of carbonyl (C=O) groups is 1. The van der Waals surface area contributed by atoms with Gasteiger partial charge in [-0.25, -0.2) is 9.78 Å². The van der Waals surface area contributed by atoms with E-state index >= 15 is 0 Å². The van der Waals surface area contributed by atoms with Gasteiger partial charge in [0, 0.05) is 24.8 Å². The van der Waals surface area contributed by atoms with Gasteiger partial charge in [0.15, 0.2) is 0 Å². The van der Waals surface area contributed by atoms with E-state index in [-0.39, 0.29) is 12.1 Å². The highest BCUT2D eigenvalue weighted by Gasteiger charge is 2.27. The summed E-state index contributed by atoms with van der Waals surface area (Å²) in [7, 11) is 0. The molecule has 0 atom stereocenters. The second-order valence-electron chi connectivity index (χ2n) is 7.13. The lowest BCUT2D eigenvalue weighted by atomic mass is 9.90. The minimum Gasteiger partial charge on any atom is -0.444 e. The number of hydrogen-bond donors (Lipinski definition) is 1. The molecular weight excluding hydrogens is 290 g/mol. The van der Waals surface area contributed by atoms with Crippen LogP contribution < -0.4 is 10.2 Å². The van der Waals surface area contributed by atoms with Gasteiger partial charge in [-0.3, -0.25) is 0 Å². The van der Waals surface area contributed by atoms with E-state index in [1.165, 1.54) is 0 Å². The highest BCUT2D eigenvalue weighted by molar-refractivity contribution is 5.68. The van der Waals surface area contributed by atoms with Crippen LogP contribution in [-0.4, -0.2) is 35.3 Å². The van der Waals surface area contributed by atoms with E-state index in [0.717, 1.165) is 38.0 Å². The summed E-state index contributed by atoms with van der Waals surface area (Å²) >= 11 is 0. The van der Waals surface area contributed by atoms with Crippen LogP contribution in [0.25, 0.3) is 0 Å². The van der Waals surface area contributed by atoms with Crippen LogP contribution in [0.15, 0.2) is 24.4 Å². The number of pyridine rings is 1. The Balaban J connectivity index is 1.84. The lowest BCUT2D eigenvalue weighted by Crippen LogP contribution is -2.45. The number of carbonyl (C=O) groups excluding carboxylic acids is 1. The average Bonchev–Trinajstić information content (AvgIpc) is 2.49. The van der Waals surface area contributed by atoms with Crippen molar-refractivity contribution in [2.45, 2.75) is 71.1 Å². The summed E-state index contributed by atoms with van der Waals surface area (Å²) in [5.41, 5.74) is -0.445. The lowest BCUT2D eigenvalue weighted by molar-refractivity contribution is 0.0491. The molecule has 1 heterocycles. The van der Waals surface area contributed by atoms with Crippen LogP contribution in [0.1, 0.15) is 53.4 Å². The molecule has 1 amide bonds.